The third kappa shape index (κ3) is 5.01. The lowest BCUT2D eigenvalue weighted by molar-refractivity contribution is -0.130. The van der Waals surface area contributed by atoms with E-state index in [1.54, 1.807) is 24.1 Å². The number of anilines is 1. The minimum atomic E-state index is -3.59. The van der Waals surface area contributed by atoms with Crippen molar-refractivity contribution in [2.24, 2.45) is 0 Å². The zero-order valence-electron chi connectivity index (χ0n) is 16.4. The number of amides is 1. The molecule has 29 heavy (non-hydrogen) atoms. The number of benzene rings is 2. The summed E-state index contributed by atoms with van der Waals surface area (Å²) in [5.74, 6) is 0.696. The predicted molar refractivity (Wildman–Crippen MR) is 113 cm³/mol. The molecule has 1 N–H and O–H groups in total. The molecule has 156 valence electrons. The summed E-state index contributed by atoms with van der Waals surface area (Å²) in [6, 6.07) is 11.7. The zero-order chi connectivity index (χ0) is 21.0. The van der Waals surface area contributed by atoms with Crippen LogP contribution in [0.3, 0.4) is 0 Å². The van der Waals surface area contributed by atoms with Gasteiger partial charge < -0.3 is 15.0 Å². The number of nitrogens with zero attached hydrogens (tertiary/aromatic N) is 2. The van der Waals surface area contributed by atoms with Crippen molar-refractivity contribution >= 4 is 33.2 Å². The molecule has 3 rings (SSSR count). The first-order valence-corrected chi connectivity index (χ1v) is 11.0. The van der Waals surface area contributed by atoms with E-state index in [9.17, 15) is 13.2 Å². The van der Waals surface area contributed by atoms with E-state index in [4.69, 9.17) is 16.3 Å². The normalized spacial score (nSPS) is 15.2. The molecule has 0 aliphatic carbocycles. The van der Waals surface area contributed by atoms with E-state index in [0.29, 0.717) is 18.1 Å². The largest absolute Gasteiger partial charge is 0.497 e. The number of rotatable bonds is 6. The fourth-order valence-electron chi connectivity index (χ4n) is 3.18. The van der Waals surface area contributed by atoms with Gasteiger partial charge in [0.25, 0.3) is 0 Å². The van der Waals surface area contributed by atoms with Crippen LogP contribution in [0, 0.1) is 6.92 Å². The second-order valence-electron chi connectivity index (χ2n) is 6.77. The Morgan fingerprint density at radius 1 is 1.10 bits per heavy atom. The highest BCUT2D eigenvalue weighted by Crippen LogP contribution is 2.22. The number of methoxy groups -OCH3 is 1. The Labute approximate surface area is 176 Å². The van der Waals surface area contributed by atoms with Crippen LogP contribution in [0.1, 0.15) is 5.56 Å². The number of nitrogens with one attached hydrogen (secondary N) is 1. The minimum Gasteiger partial charge on any atom is -0.497 e. The molecule has 0 spiro atoms. The van der Waals surface area contributed by atoms with E-state index < -0.39 is 10.0 Å². The summed E-state index contributed by atoms with van der Waals surface area (Å²) in [4.78, 5) is 14.4. The van der Waals surface area contributed by atoms with Crippen LogP contribution in [0.5, 0.6) is 5.75 Å². The Bertz CT molecular complexity index is 972. The van der Waals surface area contributed by atoms with Crippen LogP contribution >= 0.6 is 11.6 Å². The smallest absolute Gasteiger partial charge is 0.243 e. The van der Waals surface area contributed by atoms with Crippen molar-refractivity contribution in [1.29, 1.82) is 0 Å². The number of aryl methyl sites for hydroxylation is 1. The van der Waals surface area contributed by atoms with Crippen LogP contribution in [0.15, 0.2) is 47.4 Å². The molecule has 1 amide bonds. The van der Waals surface area contributed by atoms with Gasteiger partial charge in [0, 0.05) is 36.9 Å². The van der Waals surface area contributed by atoms with Crippen molar-refractivity contribution in [2.75, 3.05) is 45.2 Å². The van der Waals surface area contributed by atoms with Crippen molar-refractivity contribution < 1.29 is 17.9 Å². The van der Waals surface area contributed by atoms with Gasteiger partial charge in [-0.2, -0.15) is 4.31 Å². The van der Waals surface area contributed by atoms with Gasteiger partial charge in [0.05, 0.1) is 18.6 Å². The van der Waals surface area contributed by atoms with Crippen molar-refractivity contribution in [2.45, 2.75) is 11.8 Å². The van der Waals surface area contributed by atoms with E-state index in [1.807, 2.05) is 25.1 Å². The van der Waals surface area contributed by atoms with Crippen molar-refractivity contribution in [3.05, 3.63) is 53.1 Å². The van der Waals surface area contributed by atoms with Gasteiger partial charge in [0.15, 0.2) is 0 Å². The number of carbonyl (C=O) groups is 1. The Hall–Kier alpha value is -2.29. The molecule has 0 atom stereocenters. The van der Waals surface area contributed by atoms with E-state index in [-0.39, 0.29) is 30.4 Å². The highest BCUT2D eigenvalue weighted by Gasteiger charge is 2.29. The maximum Gasteiger partial charge on any atom is 0.243 e. The molecular weight excluding hydrogens is 414 g/mol. The van der Waals surface area contributed by atoms with Crippen LogP contribution in [0.2, 0.25) is 5.02 Å². The summed E-state index contributed by atoms with van der Waals surface area (Å²) in [6.45, 7) is 3.33. The molecule has 1 saturated heterocycles. The van der Waals surface area contributed by atoms with Gasteiger partial charge in [-0.3, -0.25) is 4.79 Å². The second-order valence-corrected chi connectivity index (χ2v) is 9.15. The number of halogens is 1. The Morgan fingerprint density at radius 3 is 2.34 bits per heavy atom. The lowest BCUT2D eigenvalue weighted by Crippen LogP contribution is -2.51. The van der Waals surface area contributed by atoms with Gasteiger partial charge in [0.2, 0.25) is 15.9 Å². The van der Waals surface area contributed by atoms with Crippen LogP contribution in [0.4, 0.5) is 5.69 Å². The molecule has 0 bridgehead atoms. The van der Waals surface area contributed by atoms with Crippen LogP contribution in [0.25, 0.3) is 0 Å². The lowest BCUT2D eigenvalue weighted by Gasteiger charge is -2.34. The zero-order valence-corrected chi connectivity index (χ0v) is 18.0. The molecule has 2 aromatic carbocycles. The maximum atomic E-state index is 12.7. The highest BCUT2D eigenvalue weighted by molar-refractivity contribution is 7.89. The Kier molecular flexibility index (Phi) is 6.66. The topological polar surface area (TPSA) is 79.0 Å². The van der Waals surface area contributed by atoms with Gasteiger partial charge in [-0.25, -0.2) is 8.42 Å². The standard InChI is InChI=1S/C20H24ClN3O4S/c1-15-13-17(28-2)5-8-19(15)22-14-20(25)23-9-11-24(12-10-23)29(26,27)18-6-3-16(21)4-7-18/h3-8,13,22H,9-12,14H2,1-2H3. The van der Waals surface area contributed by atoms with Gasteiger partial charge >= 0.3 is 0 Å². The summed E-state index contributed by atoms with van der Waals surface area (Å²) < 4.78 is 32.1. The molecule has 0 unspecified atom stereocenters. The van der Waals surface area contributed by atoms with Gasteiger partial charge in [-0.15, -0.1) is 0 Å². The molecule has 7 nitrogen and oxygen atoms in total. The average molecular weight is 438 g/mol. The molecular formula is C20H24ClN3O4S. The molecule has 0 aromatic heterocycles. The number of carbonyl (C=O) groups excluding carboxylic acids is 1. The number of hydrogen-bond acceptors (Lipinski definition) is 5. The first-order chi connectivity index (χ1) is 13.8. The summed E-state index contributed by atoms with van der Waals surface area (Å²) in [5, 5.41) is 3.63. The van der Waals surface area contributed by atoms with Crippen molar-refractivity contribution in [3.63, 3.8) is 0 Å². The summed E-state index contributed by atoms with van der Waals surface area (Å²) in [5.41, 5.74) is 1.85. The van der Waals surface area contributed by atoms with Crippen LogP contribution in [-0.4, -0.2) is 63.4 Å². The van der Waals surface area contributed by atoms with Crippen LogP contribution < -0.4 is 10.1 Å². The third-order valence-corrected chi connectivity index (χ3v) is 7.07. The molecule has 2 aromatic rings. The maximum absolute atomic E-state index is 12.7. The first kappa shape index (κ1) is 21.4. The van der Waals surface area contributed by atoms with Gasteiger partial charge in [-0.05, 0) is 55.0 Å². The van der Waals surface area contributed by atoms with Gasteiger partial charge in [0.1, 0.15) is 5.75 Å². The first-order valence-electron chi connectivity index (χ1n) is 9.23. The quantitative estimate of drug-likeness (QED) is 0.751. The molecule has 0 radical (unpaired) electrons. The molecule has 0 saturated carbocycles. The summed E-state index contributed by atoms with van der Waals surface area (Å²) in [7, 11) is -1.98. The molecule has 9 heteroatoms. The molecule has 1 aliphatic heterocycles. The van der Waals surface area contributed by atoms with Crippen molar-refractivity contribution in [3.8, 4) is 5.75 Å². The third-order valence-electron chi connectivity index (χ3n) is 4.91. The fourth-order valence-corrected chi connectivity index (χ4v) is 4.73. The van der Waals surface area contributed by atoms with E-state index in [2.05, 4.69) is 5.32 Å². The number of sulfonamides is 1. The Morgan fingerprint density at radius 2 is 1.76 bits per heavy atom. The molecule has 1 fully saturated rings. The van der Waals surface area contributed by atoms with Crippen molar-refractivity contribution in [1.82, 2.24) is 9.21 Å². The average Bonchev–Trinajstić information content (AvgIpc) is 2.73. The van der Waals surface area contributed by atoms with Gasteiger partial charge in [-0.1, -0.05) is 11.6 Å². The minimum absolute atomic E-state index is 0.0660. The number of ether oxygens (including phenoxy) is 1. The number of piperazine rings is 1. The summed E-state index contributed by atoms with van der Waals surface area (Å²) >= 11 is 5.84. The van der Waals surface area contributed by atoms with Crippen LogP contribution in [-0.2, 0) is 14.8 Å². The SMILES string of the molecule is COc1ccc(NCC(=O)N2CCN(S(=O)(=O)c3ccc(Cl)cc3)CC2)c(C)c1. The van der Waals surface area contributed by atoms with E-state index in [1.165, 1.54) is 16.4 Å². The fraction of sp³-hybridized carbons (Fsp3) is 0.350. The number of hydrogen-bond donors (Lipinski definition) is 1. The second kappa shape index (κ2) is 9.02. The molecule has 1 heterocycles. The summed E-state index contributed by atoms with van der Waals surface area (Å²) in [6.07, 6.45) is 0. The van der Waals surface area contributed by atoms with E-state index in [0.717, 1.165) is 17.0 Å². The Balaban J connectivity index is 1.55. The highest BCUT2D eigenvalue weighted by atomic mass is 35.5. The molecule has 1 aliphatic rings. The monoisotopic (exact) mass is 437 g/mol. The lowest BCUT2D eigenvalue weighted by atomic mass is 10.2. The predicted octanol–water partition coefficient (Wildman–Crippen LogP) is 2.60. The van der Waals surface area contributed by atoms with E-state index >= 15 is 0 Å².